The highest BCUT2D eigenvalue weighted by molar-refractivity contribution is 6.31. The van der Waals surface area contributed by atoms with Crippen LogP contribution in [0.3, 0.4) is 0 Å². The van der Waals surface area contributed by atoms with Crippen molar-refractivity contribution in [3.8, 4) is 0 Å². The lowest BCUT2D eigenvalue weighted by atomic mass is 9.98. The number of aryl methyl sites for hydroxylation is 1. The number of halogens is 1. The zero-order valence-corrected chi connectivity index (χ0v) is 11.1. The molecule has 0 aliphatic carbocycles. The molecule has 94 valence electrons. The molecular formula is C15H17ClN2. The van der Waals surface area contributed by atoms with E-state index in [1.54, 1.807) is 0 Å². The number of nitrogens with one attached hydrogen (secondary N) is 1. The molecular weight excluding hydrogens is 244 g/mol. The van der Waals surface area contributed by atoms with E-state index in [9.17, 15) is 0 Å². The van der Waals surface area contributed by atoms with Gasteiger partial charge in [-0.3, -0.25) is 5.84 Å². The van der Waals surface area contributed by atoms with Crippen molar-refractivity contribution in [1.29, 1.82) is 0 Å². The van der Waals surface area contributed by atoms with E-state index in [-0.39, 0.29) is 6.04 Å². The van der Waals surface area contributed by atoms with E-state index in [4.69, 9.17) is 17.4 Å². The molecule has 0 saturated carbocycles. The Hall–Kier alpha value is -1.35. The van der Waals surface area contributed by atoms with Crippen molar-refractivity contribution in [2.24, 2.45) is 5.84 Å². The van der Waals surface area contributed by atoms with Gasteiger partial charge in [0.15, 0.2) is 0 Å². The summed E-state index contributed by atoms with van der Waals surface area (Å²) in [5.41, 5.74) is 6.25. The Morgan fingerprint density at radius 2 is 1.78 bits per heavy atom. The van der Waals surface area contributed by atoms with Crippen LogP contribution in [-0.2, 0) is 6.42 Å². The molecule has 2 aromatic rings. The summed E-state index contributed by atoms with van der Waals surface area (Å²) in [7, 11) is 0. The fraction of sp³-hybridized carbons (Fsp3) is 0.200. The van der Waals surface area contributed by atoms with E-state index in [2.05, 4.69) is 36.6 Å². The van der Waals surface area contributed by atoms with Gasteiger partial charge in [-0.05, 0) is 29.2 Å². The average Bonchev–Trinajstić information content (AvgIpc) is 2.42. The lowest BCUT2D eigenvalue weighted by Gasteiger charge is -2.18. The number of nitrogens with two attached hydrogens (primary N) is 1. The van der Waals surface area contributed by atoms with Crippen LogP contribution < -0.4 is 11.3 Å². The highest BCUT2D eigenvalue weighted by atomic mass is 35.5. The summed E-state index contributed by atoms with van der Waals surface area (Å²) in [6, 6.07) is 16.1. The molecule has 18 heavy (non-hydrogen) atoms. The molecule has 2 rings (SSSR count). The Kier molecular flexibility index (Phi) is 4.37. The molecule has 0 fully saturated rings. The molecule has 1 atom stereocenters. The van der Waals surface area contributed by atoms with Crippen LogP contribution in [0.25, 0.3) is 0 Å². The predicted octanol–water partition coefficient (Wildman–Crippen LogP) is 3.46. The third kappa shape index (κ3) is 2.72. The summed E-state index contributed by atoms with van der Waals surface area (Å²) in [5.74, 6) is 5.67. The van der Waals surface area contributed by atoms with Crippen molar-refractivity contribution in [1.82, 2.24) is 5.43 Å². The summed E-state index contributed by atoms with van der Waals surface area (Å²) in [6.07, 6.45) is 1.03. The number of hydrazine groups is 1. The van der Waals surface area contributed by atoms with Crippen molar-refractivity contribution in [3.63, 3.8) is 0 Å². The number of hydrogen-bond acceptors (Lipinski definition) is 2. The van der Waals surface area contributed by atoms with Crippen molar-refractivity contribution >= 4 is 11.6 Å². The van der Waals surface area contributed by atoms with Gasteiger partial charge >= 0.3 is 0 Å². The topological polar surface area (TPSA) is 38.0 Å². The van der Waals surface area contributed by atoms with Crippen molar-refractivity contribution in [2.75, 3.05) is 0 Å². The fourth-order valence-electron chi connectivity index (χ4n) is 2.02. The van der Waals surface area contributed by atoms with Gasteiger partial charge in [0, 0.05) is 5.02 Å². The Labute approximate surface area is 113 Å². The van der Waals surface area contributed by atoms with E-state index < -0.39 is 0 Å². The minimum Gasteiger partial charge on any atom is -0.271 e. The highest BCUT2D eigenvalue weighted by Crippen LogP contribution is 2.27. The molecule has 0 aliphatic heterocycles. The Bertz CT molecular complexity index is 508. The SMILES string of the molecule is CCc1ccc(C(NN)c2ccccc2Cl)cc1. The van der Waals surface area contributed by atoms with Crippen molar-refractivity contribution in [2.45, 2.75) is 19.4 Å². The molecule has 0 aromatic heterocycles. The molecule has 3 heteroatoms. The Balaban J connectivity index is 2.36. The van der Waals surface area contributed by atoms with Crippen LogP contribution >= 0.6 is 11.6 Å². The van der Waals surface area contributed by atoms with Gasteiger partial charge in [0.25, 0.3) is 0 Å². The van der Waals surface area contributed by atoms with E-state index >= 15 is 0 Å². The minimum atomic E-state index is -0.0791. The maximum atomic E-state index is 6.21. The number of benzene rings is 2. The van der Waals surface area contributed by atoms with Crippen LogP contribution in [0.4, 0.5) is 0 Å². The van der Waals surface area contributed by atoms with Crippen LogP contribution in [0.2, 0.25) is 5.02 Å². The third-order valence-electron chi connectivity index (χ3n) is 3.10. The maximum Gasteiger partial charge on any atom is 0.0724 e. The van der Waals surface area contributed by atoms with Gasteiger partial charge < -0.3 is 0 Å². The first-order valence-corrected chi connectivity index (χ1v) is 6.43. The fourth-order valence-corrected chi connectivity index (χ4v) is 2.27. The smallest absolute Gasteiger partial charge is 0.0724 e. The Morgan fingerprint density at radius 3 is 2.33 bits per heavy atom. The van der Waals surface area contributed by atoms with Crippen LogP contribution in [-0.4, -0.2) is 0 Å². The first-order chi connectivity index (χ1) is 8.76. The van der Waals surface area contributed by atoms with Crippen molar-refractivity contribution < 1.29 is 0 Å². The summed E-state index contributed by atoms with van der Waals surface area (Å²) >= 11 is 6.21. The Morgan fingerprint density at radius 1 is 1.11 bits per heavy atom. The second kappa shape index (κ2) is 6.01. The molecule has 0 aliphatic rings. The first kappa shape index (κ1) is 13.1. The van der Waals surface area contributed by atoms with Crippen molar-refractivity contribution in [3.05, 3.63) is 70.2 Å². The maximum absolute atomic E-state index is 6.21. The summed E-state index contributed by atoms with van der Waals surface area (Å²) in [4.78, 5) is 0. The summed E-state index contributed by atoms with van der Waals surface area (Å²) in [5, 5.41) is 0.722. The molecule has 3 N–H and O–H groups in total. The van der Waals surface area contributed by atoms with Gasteiger partial charge in [0.05, 0.1) is 6.04 Å². The van der Waals surface area contributed by atoms with E-state index in [0.29, 0.717) is 0 Å². The first-order valence-electron chi connectivity index (χ1n) is 6.05. The molecule has 1 unspecified atom stereocenters. The van der Waals surface area contributed by atoms with Gasteiger partial charge in [0.1, 0.15) is 0 Å². The molecule has 0 heterocycles. The largest absolute Gasteiger partial charge is 0.271 e. The lowest BCUT2D eigenvalue weighted by molar-refractivity contribution is 0.637. The lowest BCUT2D eigenvalue weighted by Crippen LogP contribution is -2.29. The highest BCUT2D eigenvalue weighted by Gasteiger charge is 2.14. The normalized spacial score (nSPS) is 12.4. The van der Waals surface area contributed by atoms with Gasteiger partial charge in [-0.1, -0.05) is 61.0 Å². The summed E-state index contributed by atoms with van der Waals surface area (Å²) in [6.45, 7) is 2.14. The zero-order valence-electron chi connectivity index (χ0n) is 10.4. The van der Waals surface area contributed by atoms with Gasteiger partial charge in [-0.25, -0.2) is 5.43 Å². The molecule has 0 amide bonds. The minimum absolute atomic E-state index is 0.0791. The number of hydrogen-bond donors (Lipinski definition) is 2. The second-order valence-corrected chi connectivity index (χ2v) is 4.62. The van der Waals surface area contributed by atoms with Gasteiger partial charge in [0.2, 0.25) is 0 Å². The predicted molar refractivity (Wildman–Crippen MR) is 76.4 cm³/mol. The van der Waals surface area contributed by atoms with E-state index in [1.807, 2.05) is 24.3 Å². The van der Waals surface area contributed by atoms with Gasteiger partial charge in [-0.2, -0.15) is 0 Å². The monoisotopic (exact) mass is 260 g/mol. The molecule has 2 nitrogen and oxygen atoms in total. The molecule has 0 bridgehead atoms. The van der Waals surface area contributed by atoms with Gasteiger partial charge in [-0.15, -0.1) is 0 Å². The zero-order chi connectivity index (χ0) is 13.0. The quantitative estimate of drug-likeness (QED) is 0.653. The average molecular weight is 261 g/mol. The van der Waals surface area contributed by atoms with E-state index in [0.717, 1.165) is 22.6 Å². The third-order valence-corrected chi connectivity index (χ3v) is 3.45. The van der Waals surface area contributed by atoms with Crippen LogP contribution in [0.5, 0.6) is 0 Å². The number of rotatable bonds is 4. The molecule has 0 spiro atoms. The molecule has 2 aromatic carbocycles. The summed E-state index contributed by atoms with van der Waals surface area (Å²) < 4.78 is 0. The van der Waals surface area contributed by atoms with Crippen LogP contribution in [0.1, 0.15) is 29.7 Å². The standard InChI is InChI=1S/C15H17ClN2/c1-2-11-7-9-12(10-8-11)15(18-17)13-5-3-4-6-14(13)16/h3-10,15,18H,2,17H2,1H3. The van der Waals surface area contributed by atoms with Crippen LogP contribution in [0.15, 0.2) is 48.5 Å². The molecule has 0 radical (unpaired) electrons. The van der Waals surface area contributed by atoms with E-state index in [1.165, 1.54) is 5.56 Å². The second-order valence-electron chi connectivity index (χ2n) is 4.22. The molecule has 0 saturated heterocycles. The van der Waals surface area contributed by atoms with Crippen LogP contribution in [0, 0.1) is 0 Å².